The highest BCUT2D eigenvalue weighted by atomic mass is 35.5. The van der Waals surface area contributed by atoms with Crippen molar-refractivity contribution in [2.75, 3.05) is 56.9 Å². The third-order valence-corrected chi connectivity index (χ3v) is 4.75. The summed E-state index contributed by atoms with van der Waals surface area (Å²) in [5, 5.41) is 9.50. The van der Waals surface area contributed by atoms with E-state index in [1.54, 1.807) is 6.92 Å². The number of carboxylic acid groups (broad SMARTS) is 1. The molecule has 10 heteroatoms. The summed E-state index contributed by atoms with van der Waals surface area (Å²) in [5.41, 5.74) is 6.38. The highest BCUT2D eigenvalue weighted by Crippen LogP contribution is 2.27. The number of amides is 1. The van der Waals surface area contributed by atoms with Gasteiger partial charge in [-0.2, -0.15) is 4.98 Å². The van der Waals surface area contributed by atoms with Gasteiger partial charge in [0.1, 0.15) is 11.6 Å². The fourth-order valence-corrected chi connectivity index (χ4v) is 3.06. The van der Waals surface area contributed by atoms with E-state index >= 15 is 0 Å². The van der Waals surface area contributed by atoms with Crippen LogP contribution in [0.25, 0.3) is 0 Å². The summed E-state index contributed by atoms with van der Waals surface area (Å²) in [7, 11) is 1.92. The molecule has 1 aliphatic heterocycles. The summed E-state index contributed by atoms with van der Waals surface area (Å²) in [6.45, 7) is 4.36. The minimum Gasteiger partial charge on any atom is -0.480 e. The Morgan fingerprint density at radius 2 is 1.96 bits per heavy atom. The first-order valence-electron chi connectivity index (χ1n) is 8.50. The van der Waals surface area contributed by atoms with Gasteiger partial charge >= 0.3 is 5.97 Å². The van der Waals surface area contributed by atoms with Crippen LogP contribution < -0.4 is 10.6 Å². The number of nitrogen functional groups attached to an aromatic ring is 1. The molecule has 0 aromatic carbocycles. The van der Waals surface area contributed by atoms with Crippen molar-refractivity contribution in [2.24, 2.45) is 0 Å². The first-order chi connectivity index (χ1) is 12.3. The van der Waals surface area contributed by atoms with E-state index in [9.17, 15) is 9.59 Å². The Labute approximate surface area is 157 Å². The van der Waals surface area contributed by atoms with Crippen molar-refractivity contribution in [3.63, 3.8) is 0 Å². The number of carbonyl (C=O) groups is 2. The third kappa shape index (κ3) is 5.43. The normalized spacial score (nSPS) is 17.9. The lowest BCUT2D eigenvalue weighted by Gasteiger charge is -2.27. The van der Waals surface area contributed by atoms with Gasteiger partial charge in [0.25, 0.3) is 0 Å². The zero-order valence-electron chi connectivity index (χ0n) is 15.1. The van der Waals surface area contributed by atoms with Crippen molar-refractivity contribution < 1.29 is 14.7 Å². The van der Waals surface area contributed by atoms with Crippen molar-refractivity contribution in [1.82, 2.24) is 19.8 Å². The summed E-state index contributed by atoms with van der Waals surface area (Å²) in [6, 6.07) is 0. The Bertz CT molecular complexity index is 672. The van der Waals surface area contributed by atoms with E-state index in [1.807, 2.05) is 16.8 Å². The third-order valence-electron chi connectivity index (χ3n) is 4.31. The lowest BCUT2D eigenvalue weighted by Crippen LogP contribution is -2.38. The monoisotopic (exact) mass is 384 g/mol. The fourth-order valence-electron chi connectivity index (χ4n) is 2.85. The van der Waals surface area contributed by atoms with Crippen molar-refractivity contribution in [1.29, 1.82) is 0 Å². The van der Waals surface area contributed by atoms with E-state index in [-0.39, 0.29) is 18.4 Å². The average molecular weight is 385 g/mol. The van der Waals surface area contributed by atoms with Crippen LogP contribution in [0.1, 0.15) is 18.5 Å². The maximum Gasteiger partial charge on any atom is 0.323 e. The van der Waals surface area contributed by atoms with Gasteiger partial charge in [-0.3, -0.25) is 9.59 Å². The molecule has 2 rings (SSSR count). The second kappa shape index (κ2) is 9.00. The molecule has 1 fully saturated rings. The molecular formula is C16H25ClN6O3. The van der Waals surface area contributed by atoms with Crippen LogP contribution in [-0.2, 0) is 9.59 Å². The average Bonchev–Trinajstić information content (AvgIpc) is 2.59. The van der Waals surface area contributed by atoms with Crippen LogP contribution in [0.5, 0.6) is 0 Å². The lowest BCUT2D eigenvalue weighted by atomic mass is 10.3. The molecule has 144 valence electrons. The van der Waals surface area contributed by atoms with Gasteiger partial charge in [-0.1, -0.05) is 11.6 Å². The molecule has 2 heterocycles. The van der Waals surface area contributed by atoms with Gasteiger partial charge in [-0.15, -0.1) is 0 Å². The number of anilines is 2. The largest absolute Gasteiger partial charge is 0.480 e. The molecule has 9 nitrogen and oxygen atoms in total. The molecule has 1 saturated heterocycles. The number of likely N-dealkylation sites (N-methyl/N-ethyl adjacent to an activating group) is 1. The van der Waals surface area contributed by atoms with E-state index in [0.29, 0.717) is 62.1 Å². The SMILES string of the molecule is Cc1nc(N)nc(N2CCCN(CC(=O)O)C(=O)CCN(C)CC2)c1Cl. The van der Waals surface area contributed by atoms with Crippen LogP contribution in [0.2, 0.25) is 5.02 Å². The number of hydrogen-bond donors (Lipinski definition) is 2. The molecule has 0 bridgehead atoms. The predicted octanol–water partition coefficient (Wildman–Crippen LogP) is 0.466. The van der Waals surface area contributed by atoms with Gasteiger partial charge < -0.3 is 25.5 Å². The number of aryl methyl sites for hydroxylation is 1. The summed E-state index contributed by atoms with van der Waals surface area (Å²) >= 11 is 6.38. The molecule has 0 radical (unpaired) electrons. The van der Waals surface area contributed by atoms with Crippen molar-refractivity contribution in [3.8, 4) is 0 Å². The van der Waals surface area contributed by atoms with Gasteiger partial charge in [0.15, 0.2) is 5.82 Å². The van der Waals surface area contributed by atoms with Crippen molar-refractivity contribution in [3.05, 3.63) is 10.7 Å². The standard InChI is InChI=1S/C16H25ClN6O3/c1-11-14(17)15(20-16(18)19-11)22-5-3-6-23(10-13(25)26)12(24)4-7-21(2)8-9-22/h3-10H2,1-2H3,(H,25,26)(H2,18,19,20). The van der Waals surface area contributed by atoms with Crippen molar-refractivity contribution >= 4 is 35.2 Å². The molecule has 1 aromatic heterocycles. The highest BCUT2D eigenvalue weighted by Gasteiger charge is 2.21. The van der Waals surface area contributed by atoms with E-state index in [1.165, 1.54) is 4.90 Å². The van der Waals surface area contributed by atoms with Gasteiger partial charge in [0, 0.05) is 39.1 Å². The number of nitrogens with zero attached hydrogens (tertiary/aromatic N) is 5. The van der Waals surface area contributed by atoms with Crippen LogP contribution in [0.3, 0.4) is 0 Å². The predicted molar refractivity (Wildman–Crippen MR) is 99.4 cm³/mol. The Morgan fingerprint density at radius 1 is 1.23 bits per heavy atom. The molecule has 1 aliphatic rings. The zero-order chi connectivity index (χ0) is 19.3. The number of carbonyl (C=O) groups excluding carboxylic acids is 1. The number of carboxylic acids is 1. The second-order valence-corrected chi connectivity index (χ2v) is 6.79. The number of halogens is 1. The Hall–Kier alpha value is -2.13. The van der Waals surface area contributed by atoms with Crippen LogP contribution in [0, 0.1) is 6.92 Å². The smallest absolute Gasteiger partial charge is 0.323 e. The number of aliphatic carboxylic acids is 1. The van der Waals surface area contributed by atoms with Gasteiger partial charge in [0.2, 0.25) is 11.9 Å². The van der Waals surface area contributed by atoms with Gasteiger partial charge in [-0.05, 0) is 20.4 Å². The maximum atomic E-state index is 12.3. The minimum absolute atomic E-state index is 0.146. The van der Waals surface area contributed by atoms with Crippen LogP contribution in [-0.4, -0.2) is 83.1 Å². The molecule has 1 amide bonds. The zero-order valence-corrected chi connectivity index (χ0v) is 15.9. The van der Waals surface area contributed by atoms with E-state index in [4.69, 9.17) is 22.4 Å². The first kappa shape index (κ1) is 20.2. The molecule has 1 aromatic rings. The maximum absolute atomic E-state index is 12.3. The van der Waals surface area contributed by atoms with Crippen LogP contribution in [0.15, 0.2) is 0 Å². The fraction of sp³-hybridized carbons (Fsp3) is 0.625. The van der Waals surface area contributed by atoms with Crippen LogP contribution in [0.4, 0.5) is 11.8 Å². The molecule has 0 unspecified atom stereocenters. The molecule has 3 N–H and O–H groups in total. The second-order valence-electron chi connectivity index (χ2n) is 6.41. The Kier molecular flexibility index (Phi) is 6.98. The molecule has 26 heavy (non-hydrogen) atoms. The number of rotatable bonds is 3. The van der Waals surface area contributed by atoms with E-state index in [0.717, 1.165) is 0 Å². The molecule has 0 saturated carbocycles. The summed E-state index contributed by atoms with van der Waals surface area (Å²) in [4.78, 5) is 37.1. The summed E-state index contributed by atoms with van der Waals surface area (Å²) < 4.78 is 0. The Morgan fingerprint density at radius 3 is 2.65 bits per heavy atom. The van der Waals surface area contributed by atoms with E-state index in [2.05, 4.69) is 9.97 Å². The van der Waals surface area contributed by atoms with Crippen LogP contribution >= 0.6 is 11.6 Å². The number of aromatic nitrogens is 2. The topological polar surface area (TPSA) is 116 Å². The first-order valence-corrected chi connectivity index (χ1v) is 8.88. The summed E-state index contributed by atoms with van der Waals surface area (Å²) in [5.74, 6) is -0.429. The lowest BCUT2D eigenvalue weighted by molar-refractivity contribution is -0.144. The number of nitrogens with two attached hydrogens (primary N) is 1. The molecule has 0 spiro atoms. The number of hydrogen-bond acceptors (Lipinski definition) is 7. The Balaban J connectivity index is 2.21. The highest BCUT2D eigenvalue weighted by molar-refractivity contribution is 6.33. The van der Waals surface area contributed by atoms with Crippen molar-refractivity contribution in [2.45, 2.75) is 19.8 Å². The van der Waals surface area contributed by atoms with E-state index < -0.39 is 5.97 Å². The minimum atomic E-state index is -1.01. The molecule has 0 atom stereocenters. The quantitative estimate of drug-likeness (QED) is 0.772. The van der Waals surface area contributed by atoms with Gasteiger partial charge in [-0.25, -0.2) is 4.98 Å². The molecular weight excluding hydrogens is 360 g/mol. The molecule has 0 aliphatic carbocycles. The van der Waals surface area contributed by atoms with Gasteiger partial charge in [0.05, 0.1) is 5.69 Å². The summed E-state index contributed by atoms with van der Waals surface area (Å²) in [6.07, 6.45) is 0.895.